The highest BCUT2D eigenvalue weighted by Gasteiger charge is 2.53. The highest BCUT2D eigenvalue weighted by Crippen LogP contribution is 2.35. The van der Waals surface area contributed by atoms with E-state index >= 15 is 0 Å². The topological polar surface area (TPSA) is 559 Å². The molecule has 1 unspecified atom stereocenters. The fourth-order valence-corrected chi connectivity index (χ4v) is 16.6. The molecule has 5 atom stereocenters. The van der Waals surface area contributed by atoms with E-state index in [2.05, 4.69) is 130 Å². The second kappa shape index (κ2) is 37.9. The van der Waals surface area contributed by atoms with E-state index in [4.69, 9.17) is 52.0 Å². The number of anilines is 3. The van der Waals surface area contributed by atoms with E-state index in [-0.39, 0.29) is 98.5 Å². The van der Waals surface area contributed by atoms with Crippen LogP contribution in [-0.2, 0) is 50.2 Å². The second-order valence-corrected chi connectivity index (χ2v) is 33.1. The monoisotopic (exact) mass is 1860 g/mol. The molecule has 42 nitrogen and oxygen atoms in total. The summed E-state index contributed by atoms with van der Waals surface area (Å²) in [5, 5.41) is 32.5. The lowest BCUT2D eigenvalue weighted by atomic mass is 9.99. The number of benzene rings is 5. The van der Waals surface area contributed by atoms with Crippen molar-refractivity contribution in [3.8, 4) is 76.1 Å². The summed E-state index contributed by atoms with van der Waals surface area (Å²) in [5.41, 5.74) is 11.8. The van der Waals surface area contributed by atoms with Gasteiger partial charge in [0, 0.05) is 96.5 Å². The Labute approximate surface area is 768 Å². The maximum Gasteiger partial charge on any atom is 0.323 e. The van der Waals surface area contributed by atoms with Gasteiger partial charge in [-0.25, -0.2) is 29.1 Å². The molecule has 0 bridgehead atoms. The zero-order chi connectivity index (χ0) is 94.4. The van der Waals surface area contributed by atoms with Crippen LogP contribution in [-0.4, -0.2) is 245 Å². The summed E-state index contributed by atoms with van der Waals surface area (Å²) in [6.07, 6.45) is 4.28. The third-order valence-electron chi connectivity index (χ3n) is 21.8. The van der Waals surface area contributed by atoms with Gasteiger partial charge in [-0.1, -0.05) is 76.8 Å². The van der Waals surface area contributed by atoms with Crippen LogP contribution in [0.1, 0.15) is 98.6 Å². The van der Waals surface area contributed by atoms with Crippen LogP contribution in [0.5, 0.6) is 28.7 Å². The lowest BCUT2D eigenvalue weighted by Gasteiger charge is -2.26. The van der Waals surface area contributed by atoms with Crippen molar-refractivity contribution in [3.05, 3.63) is 206 Å². The number of fused-ring (bicyclic) bond motifs is 4. The summed E-state index contributed by atoms with van der Waals surface area (Å²) >= 11 is 8.30. The van der Waals surface area contributed by atoms with Crippen LogP contribution in [0.2, 0.25) is 5.28 Å². The van der Waals surface area contributed by atoms with Gasteiger partial charge in [-0.15, -0.1) is 0 Å². The zero-order valence-electron chi connectivity index (χ0n) is 70.7. The fraction of sp³-hybridized carbons (Fsp3) is 0.250. The number of urea groups is 4. The number of amides is 18. The zero-order valence-corrected chi connectivity index (χ0v) is 73.0. The number of hydrogen-bond acceptors (Lipinski definition) is 31. The number of carbonyl (C=O) groups excluding carboxylic acids is 14. The molecule has 0 spiro atoms. The van der Waals surface area contributed by atoms with E-state index in [1.165, 1.54) is 66.6 Å². The van der Waals surface area contributed by atoms with Crippen LogP contribution in [0.25, 0.3) is 0 Å². The smallest absolute Gasteiger partial charge is 0.323 e. The van der Waals surface area contributed by atoms with E-state index in [0.29, 0.717) is 85.0 Å². The van der Waals surface area contributed by atoms with Gasteiger partial charge in [0.15, 0.2) is 0 Å². The van der Waals surface area contributed by atoms with Gasteiger partial charge in [0.2, 0.25) is 38.8 Å². The average molecular weight is 1860 g/mol. The number of ether oxygens (including phenoxy) is 5. The Morgan fingerprint density at radius 3 is 1.16 bits per heavy atom. The van der Waals surface area contributed by atoms with Gasteiger partial charge in [0.25, 0.3) is 58.4 Å². The number of rotatable bonds is 16. The van der Waals surface area contributed by atoms with Crippen molar-refractivity contribution in [2.45, 2.75) is 60.7 Å². The number of nitrogens with two attached hydrogens (primary N) is 2. The van der Waals surface area contributed by atoms with Crippen molar-refractivity contribution in [1.29, 1.82) is 0 Å². The van der Waals surface area contributed by atoms with E-state index < -0.39 is 86.5 Å². The predicted molar refractivity (Wildman–Crippen MR) is 474 cm³/mol. The molecule has 10 aliphatic heterocycles. The van der Waals surface area contributed by atoms with Crippen molar-refractivity contribution >= 4 is 141 Å². The van der Waals surface area contributed by atoms with Gasteiger partial charge in [-0.2, -0.15) is 21.7 Å². The number of imide groups is 5. The first-order valence-electron chi connectivity index (χ1n) is 40.0. The molecule has 3 aromatic heterocycles. The maximum absolute atomic E-state index is 13.0. The van der Waals surface area contributed by atoms with Crippen molar-refractivity contribution in [2.24, 2.45) is 5.16 Å². The van der Waals surface area contributed by atoms with Crippen LogP contribution < -0.4 is 87.9 Å². The number of methoxy groups -OCH3 is 4. The third-order valence-corrected chi connectivity index (χ3v) is 23.8. The Balaban J connectivity index is 0.000000136. The molecule has 10 aliphatic rings. The number of nitrogen functional groups attached to an aromatic ring is 2. The molecule has 0 radical (unpaired) electrons. The number of halogens is 1. The summed E-state index contributed by atoms with van der Waals surface area (Å²) in [5.74, 6) is 23.5. The van der Waals surface area contributed by atoms with Crippen LogP contribution in [0.4, 0.5) is 41.6 Å². The van der Waals surface area contributed by atoms with Crippen molar-refractivity contribution in [2.75, 3.05) is 95.6 Å². The maximum atomic E-state index is 13.0. The van der Waals surface area contributed by atoms with Gasteiger partial charge in [-0.05, 0) is 137 Å². The number of hydrogen-bond donors (Lipinski definition) is 12. The standard InChI is InChI=1S/C24H18N4O7S.C23H23N7O4S.C22H19N5O5.C19H15ClN6O4/c1-34-16-7-4-14-11-28(19(30)17(14)10-16)12-24(21(31)26-22(32)27-24)9-8-13-2-5-15(6-3-13)35-20-18(29)25-23(33)36-20;1-34-16-3-2-15-12-30(19(31)17(15)10-16)13-23(20(32)27-22(33)28-23)5-4-14-11-25-21(26-18(14)24)29-6-8-35-9-7-29;1-13(26-31)18-6-3-14(10-23-18)7-8-22(20(29)24-21(30)25-22)12-27-11-15-4-5-16(32-2)9-17(15)19(27)28;1-30-12-3-2-11-8-26(15(27)13(11)6-12)9-19(16(28)24-18(29)25-19)5-4-10-7-22-17(20)23-14(10)21/h2-7,10,20H,11-12H2,1H3,(H,25,29,33)(H2,26,27,31,32);2-3,10-11H,6-9,12-13H2,1H3,(H2,24,25,26)(H2,27,28,32,33);3-6,9-10,31H,11-12H2,1-2H3,(H2,24,25,29,30);2-3,6-7H,8-9H2,1H3,(H2,21,22,23)(H2,24,25,28,29)/t20?,24-;23-;22-;19-/m1111/s1. The normalized spacial score (nSPS) is 20.8. The van der Waals surface area contributed by atoms with E-state index in [1.807, 2.05) is 11.8 Å². The van der Waals surface area contributed by atoms with Crippen molar-refractivity contribution < 1.29 is 96.0 Å². The third kappa shape index (κ3) is 19.5. The van der Waals surface area contributed by atoms with E-state index in [1.54, 1.807) is 116 Å². The Morgan fingerprint density at radius 2 is 0.827 bits per heavy atom. The SMILES string of the molecule is COc1ccc2c(c1)C(=O)N(C[C@@]1(C#Cc3ccc(C(C)=NO)nc3)NC(=O)NC1=O)C2.COc1ccc2c(c1)C(=O)N(C[C@@]1(C#Cc3ccc(OC4SC(=O)NC4=O)cc3)NC(=O)NC1=O)C2.COc1ccc2c(c1)C(=O)N(C[C@@]1(C#Cc3cnc(Cl)nc3N)NC(=O)NC1=O)C2.COc1ccc2c(c1)C(=O)N(C[C@@]1(C#Cc3cnc(N4CCSCC4)nc3N)NC(=O)NC1=O)C2. The van der Waals surface area contributed by atoms with Crippen molar-refractivity contribution in [1.82, 2.24) is 92.4 Å². The molecule has 14 N–H and O–H groups in total. The second-order valence-electron chi connectivity index (χ2n) is 30.5. The first kappa shape index (κ1) is 91.1. The molecule has 18 amide bonds. The van der Waals surface area contributed by atoms with Gasteiger partial charge in [0.05, 0.1) is 77.6 Å². The summed E-state index contributed by atoms with van der Waals surface area (Å²) in [6.45, 7) is 3.75. The molecule has 18 rings (SSSR count). The minimum absolute atomic E-state index is 0.0270. The molecule has 0 aliphatic carbocycles. The number of nitrogens with one attached hydrogen (secondary N) is 9. The molecule has 45 heteroatoms. The largest absolute Gasteiger partial charge is 0.497 e. The molecule has 0 saturated carbocycles. The lowest BCUT2D eigenvalue weighted by Crippen LogP contribution is -2.54. The molecule has 5 aromatic carbocycles. The van der Waals surface area contributed by atoms with E-state index in [0.717, 1.165) is 58.6 Å². The summed E-state index contributed by atoms with van der Waals surface area (Å²) in [7, 11) is 6.05. The minimum Gasteiger partial charge on any atom is -0.497 e. The molecule has 8 aromatic rings. The predicted octanol–water partition coefficient (Wildman–Crippen LogP) is 2.36. The van der Waals surface area contributed by atoms with Crippen molar-refractivity contribution in [3.63, 3.8) is 0 Å². The summed E-state index contributed by atoms with van der Waals surface area (Å²) in [4.78, 5) is 202. The van der Waals surface area contributed by atoms with Crippen LogP contribution in [0.3, 0.4) is 0 Å². The highest BCUT2D eigenvalue weighted by atomic mass is 35.5. The van der Waals surface area contributed by atoms with Crippen LogP contribution >= 0.6 is 35.1 Å². The molecule has 6 saturated heterocycles. The first-order valence-corrected chi connectivity index (χ1v) is 42.4. The molecule has 6 fully saturated rings. The molecule has 13 heterocycles. The Kier molecular flexibility index (Phi) is 26.0. The molecule has 133 heavy (non-hydrogen) atoms. The van der Waals surface area contributed by atoms with E-state index in [9.17, 15) is 67.1 Å². The number of carbonyl (C=O) groups is 14. The lowest BCUT2D eigenvalue weighted by molar-refractivity contribution is -0.123. The van der Waals surface area contributed by atoms with Gasteiger partial charge in [-0.3, -0.25) is 79.5 Å². The van der Waals surface area contributed by atoms with Crippen LogP contribution in [0, 0.1) is 47.4 Å². The van der Waals surface area contributed by atoms with Gasteiger partial charge >= 0.3 is 24.1 Å². The Bertz CT molecular complexity index is 6600. The minimum atomic E-state index is -1.66. The van der Waals surface area contributed by atoms with Gasteiger partial charge in [0.1, 0.15) is 46.1 Å². The van der Waals surface area contributed by atoms with Gasteiger partial charge < -0.3 is 86.1 Å². The number of aromatic nitrogens is 5. The quantitative estimate of drug-likeness (QED) is 0.0165. The number of thioether (sulfide) groups is 2. The Morgan fingerprint density at radius 1 is 0.466 bits per heavy atom. The Hall–Kier alpha value is -16.7. The fourth-order valence-electron chi connectivity index (χ4n) is 14.9. The first-order chi connectivity index (χ1) is 63.8. The summed E-state index contributed by atoms with van der Waals surface area (Å²) < 4.78 is 26.3. The number of nitrogens with zero attached hydrogens (tertiary/aromatic N) is 11. The highest BCUT2D eigenvalue weighted by molar-refractivity contribution is 8.15. The number of oxime groups is 1. The molecular weight excluding hydrogens is 1780 g/mol. The molecule has 676 valence electrons. The number of pyridine rings is 1. The summed E-state index contributed by atoms with van der Waals surface area (Å²) in [6, 6.07) is 27.6. The average Bonchev–Trinajstić information content (AvgIpc) is 1.63. The van der Waals surface area contributed by atoms with Crippen LogP contribution in [0.15, 0.2) is 133 Å². The molecular formula is C88H75ClN22O20S2.